The van der Waals surface area contributed by atoms with Crippen molar-refractivity contribution in [2.45, 2.75) is 88.4 Å². The van der Waals surface area contributed by atoms with Crippen LogP contribution in [0, 0.1) is 0 Å². The van der Waals surface area contributed by atoms with Crippen LogP contribution in [0.4, 0.5) is 11.4 Å². The maximum Gasteiger partial charge on any atom is 0.303 e. The number of allylic oxidation sites excluding steroid dienone is 8. The van der Waals surface area contributed by atoms with Gasteiger partial charge in [-0.2, -0.15) is 29.8 Å². The van der Waals surface area contributed by atoms with Gasteiger partial charge in [-0.15, -0.1) is 0 Å². The average molecular weight is 848 g/mol. The van der Waals surface area contributed by atoms with Crippen molar-refractivity contribution in [2.75, 3.05) is 29.5 Å². The van der Waals surface area contributed by atoms with Gasteiger partial charge in [-0.1, -0.05) is 36.4 Å². The zero-order valence-electron chi connectivity index (χ0n) is 32.5. The molecular formula is C40H51N2O12S3+. The fraction of sp³-hybridized carbons (Fsp3) is 0.425. The van der Waals surface area contributed by atoms with E-state index in [1.807, 2.05) is 60.6 Å². The van der Waals surface area contributed by atoms with Crippen LogP contribution >= 0.6 is 0 Å². The fourth-order valence-electron chi connectivity index (χ4n) is 7.89. The number of hydrogen-bond donors (Lipinski definition) is 4. The minimum Gasteiger partial charge on any atom is -0.481 e. The highest BCUT2D eigenvalue weighted by atomic mass is 32.2. The average Bonchev–Trinajstić information content (AvgIpc) is 3.45. The number of carboxylic acids is 1. The highest BCUT2D eigenvalue weighted by molar-refractivity contribution is 7.86. The van der Waals surface area contributed by atoms with Crippen molar-refractivity contribution in [1.29, 1.82) is 0 Å². The standard InChI is InChI=1S/C40H50N2O12S3/c1-5-41-34-20-18-31(57(52,53)54)28-33(34)40(4,22-12-24-55(46,47)48)36(41)14-9-7-6-8-10-15-37-39(3,21-11-16-38(44)45)32-27-30(26-29(2)43)17-19-35(32)42(37)23-13-25-56(49,50)51/h6-10,14-15,17-20,27-28H,5,11-13,16,21-26H2,1-4H3,(H3-,44,45,46,47,48,49,50,51,52,53,54)/p+1. The van der Waals surface area contributed by atoms with Gasteiger partial charge in [-0.05, 0) is 94.8 Å². The molecule has 0 amide bonds. The van der Waals surface area contributed by atoms with Crippen LogP contribution in [0.25, 0.3) is 0 Å². The Labute approximate surface area is 335 Å². The van der Waals surface area contributed by atoms with Crippen LogP contribution in [-0.4, -0.2) is 90.7 Å². The molecule has 310 valence electrons. The lowest BCUT2D eigenvalue weighted by Crippen LogP contribution is -2.32. The number of carboxylic acid groups (broad SMARTS) is 1. The highest BCUT2D eigenvalue weighted by Crippen LogP contribution is 2.51. The van der Waals surface area contributed by atoms with E-state index >= 15 is 0 Å². The van der Waals surface area contributed by atoms with Crippen molar-refractivity contribution < 1.29 is 58.2 Å². The van der Waals surface area contributed by atoms with Crippen LogP contribution in [0.1, 0.15) is 82.9 Å². The molecule has 4 N–H and O–H groups in total. The van der Waals surface area contributed by atoms with Crippen LogP contribution in [0.3, 0.4) is 0 Å². The van der Waals surface area contributed by atoms with Gasteiger partial charge in [0.1, 0.15) is 12.3 Å². The summed E-state index contributed by atoms with van der Waals surface area (Å²) in [5.41, 5.74) is 3.74. The first-order valence-corrected chi connectivity index (χ1v) is 23.2. The van der Waals surface area contributed by atoms with E-state index < -0.39 is 58.7 Å². The van der Waals surface area contributed by atoms with Gasteiger partial charge in [-0.3, -0.25) is 23.2 Å². The van der Waals surface area contributed by atoms with Gasteiger partial charge in [0, 0.05) is 60.3 Å². The zero-order valence-corrected chi connectivity index (χ0v) is 34.9. The van der Waals surface area contributed by atoms with Crippen molar-refractivity contribution in [3.05, 3.63) is 101 Å². The lowest BCUT2D eigenvalue weighted by atomic mass is 9.74. The number of fused-ring (bicyclic) bond motifs is 2. The molecule has 2 aliphatic heterocycles. The Morgan fingerprint density at radius 2 is 1.42 bits per heavy atom. The summed E-state index contributed by atoms with van der Waals surface area (Å²) < 4.78 is 101. The predicted octanol–water partition coefficient (Wildman–Crippen LogP) is 5.97. The van der Waals surface area contributed by atoms with Gasteiger partial charge in [0.15, 0.2) is 5.71 Å². The number of nitrogens with zero attached hydrogens (tertiary/aromatic N) is 2. The number of carbonyl (C=O) groups excluding carboxylic acids is 1. The second kappa shape index (κ2) is 18.1. The Morgan fingerprint density at radius 1 is 0.789 bits per heavy atom. The summed E-state index contributed by atoms with van der Waals surface area (Å²) in [6.07, 6.45) is 14.1. The van der Waals surface area contributed by atoms with Crippen molar-refractivity contribution >= 4 is 59.2 Å². The number of anilines is 1. The Hall–Kier alpha value is -4.26. The molecule has 0 aliphatic carbocycles. The summed E-state index contributed by atoms with van der Waals surface area (Å²) in [5.74, 6) is -1.88. The molecule has 0 aromatic heterocycles. The fourth-order valence-corrected chi connectivity index (χ4v) is 9.40. The Morgan fingerprint density at radius 3 is 2.04 bits per heavy atom. The van der Waals surface area contributed by atoms with Crippen molar-refractivity contribution in [1.82, 2.24) is 0 Å². The first-order chi connectivity index (χ1) is 26.5. The molecule has 57 heavy (non-hydrogen) atoms. The number of hydrogen-bond acceptors (Lipinski definition) is 9. The van der Waals surface area contributed by atoms with Crippen LogP contribution < -0.4 is 4.90 Å². The molecule has 2 aliphatic rings. The minimum atomic E-state index is -4.53. The Kier molecular flexibility index (Phi) is 14.4. The van der Waals surface area contributed by atoms with E-state index in [2.05, 4.69) is 0 Å². The van der Waals surface area contributed by atoms with Gasteiger partial charge in [0.2, 0.25) is 5.69 Å². The molecule has 0 radical (unpaired) electrons. The van der Waals surface area contributed by atoms with E-state index in [4.69, 9.17) is 0 Å². The molecule has 0 fully saturated rings. The maximum atomic E-state index is 12.0. The second-order valence-corrected chi connectivity index (χ2v) is 19.4. The summed E-state index contributed by atoms with van der Waals surface area (Å²) in [4.78, 5) is 25.2. The third-order valence-electron chi connectivity index (χ3n) is 10.5. The minimum absolute atomic E-state index is 0.0172. The summed E-state index contributed by atoms with van der Waals surface area (Å²) in [6, 6.07) is 9.96. The molecule has 14 nitrogen and oxygen atoms in total. The van der Waals surface area contributed by atoms with E-state index in [0.717, 1.165) is 28.2 Å². The second-order valence-electron chi connectivity index (χ2n) is 14.8. The van der Waals surface area contributed by atoms with Crippen LogP contribution in [0.2, 0.25) is 0 Å². The molecule has 4 rings (SSSR count). The predicted molar refractivity (Wildman–Crippen MR) is 218 cm³/mol. The first kappa shape index (κ1) is 45.4. The number of aliphatic carboxylic acids is 1. The van der Waals surface area contributed by atoms with Gasteiger partial charge in [0.25, 0.3) is 30.4 Å². The van der Waals surface area contributed by atoms with Crippen LogP contribution in [0.15, 0.2) is 89.5 Å². The topological polar surface area (TPSA) is 224 Å². The molecule has 2 unspecified atom stereocenters. The number of rotatable bonds is 20. The molecular weight excluding hydrogens is 797 g/mol. The SMILES string of the molecule is CCN1C(=CC=CC=CC=CC2=[N+](CCCS(=O)(=O)O)c3ccc(CC(C)=O)cc3C2(C)CCCC(=O)O)C(C)(CCCS(=O)(=O)O)c2cc(S(=O)(=O)O)ccc21. The first-order valence-electron chi connectivity index (χ1n) is 18.5. The molecule has 2 heterocycles. The molecule has 17 heteroatoms. The van der Waals surface area contributed by atoms with Gasteiger partial charge in [-0.25, -0.2) is 0 Å². The third kappa shape index (κ3) is 11.4. The summed E-state index contributed by atoms with van der Waals surface area (Å²) >= 11 is 0. The zero-order chi connectivity index (χ0) is 42.4. The normalized spacial score (nSPS) is 20.8. The Balaban J connectivity index is 1.70. The van der Waals surface area contributed by atoms with Crippen molar-refractivity contribution in [3.63, 3.8) is 0 Å². The van der Waals surface area contributed by atoms with Crippen LogP contribution in [-0.2, 0) is 57.2 Å². The lowest BCUT2D eigenvalue weighted by Gasteiger charge is -2.30. The number of carbonyl (C=O) groups is 2. The highest BCUT2D eigenvalue weighted by Gasteiger charge is 2.47. The molecule has 0 saturated heterocycles. The molecule has 0 spiro atoms. The van der Waals surface area contributed by atoms with Gasteiger partial charge in [0.05, 0.1) is 21.8 Å². The number of ketones is 1. The van der Waals surface area contributed by atoms with E-state index in [9.17, 15) is 53.6 Å². The van der Waals surface area contributed by atoms with Crippen molar-refractivity contribution in [2.24, 2.45) is 0 Å². The van der Waals surface area contributed by atoms with Gasteiger partial charge >= 0.3 is 5.97 Å². The number of Topliss-reactive ketones (excluding diaryl/α,β-unsaturated/α-hetero) is 1. The maximum absolute atomic E-state index is 12.0. The smallest absolute Gasteiger partial charge is 0.303 e. The van der Waals surface area contributed by atoms with E-state index in [-0.39, 0.29) is 49.3 Å². The largest absolute Gasteiger partial charge is 0.481 e. The third-order valence-corrected chi connectivity index (χ3v) is 12.9. The molecule has 2 atom stereocenters. The van der Waals surface area contributed by atoms with E-state index in [0.29, 0.717) is 30.6 Å². The monoisotopic (exact) mass is 847 g/mol. The van der Waals surface area contributed by atoms with E-state index in [1.54, 1.807) is 36.4 Å². The quantitative estimate of drug-likeness (QED) is 0.0686. The summed E-state index contributed by atoms with van der Waals surface area (Å²) in [6.45, 7) is 8.00. The molecule has 2 aromatic carbocycles. The number of likely N-dealkylation sites (N-methyl/N-ethyl adjacent to an activating group) is 1. The van der Waals surface area contributed by atoms with Gasteiger partial charge < -0.3 is 10.0 Å². The van der Waals surface area contributed by atoms with E-state index in [1.165, 1.54) is 19.1 Å². The summed E-state index contributed by atoms with van der Waals surface area (Å²) in [5, 5.41) is 9.41. The number of benzene rings is 2. The molecule has 0 saturated carbocycles. The lowest BCUT2D eigenvalue weighted by molar-refractivity contribution is -0.437. The molecule has 0 bridgehead atoms. The van der Waals surface area contributed by atoms with Crippen molar-refractivity contribution in [3.8, 4) is 0 Å². The summed E-state index contributed by atoms with van der Waals surface area (Å²) in [7, 11) is -13.0. The molecule has 2 aromatic rings. The Bertz CT molecular complexity index is 2380. The van der Waals surface area contributed by atoms with Crippen LogP contribution in [0.5, 0.6) is 0 Å².